The van der Waals surface area contributed by atoms with Gasteiger partial charge in [0.15, 0.2) is 6.10 Å². The lowest BCUT2D eigenvalue weighted by atomic mass is 10.1. The van der Waals surface area contributed by atoms with E-state index in [1.165, 1.54) is 0 Å². The van der Waals surface area contributed by atoms with E-state index in [0.717, 1.165) is 24.1 Å². The fraction of sp³-hybridized carbons (Fsp3) is 0.429. The maximum absolute atomic E-state index is 10.4. The summed E-state index contributed by atoms with van der Waals surface area (Å²) in [4.78, 5) is 8.58. The number of hydrogen-bond acceptors (Lipinski definition) is 3. The standard InChI is InChI=1S/C14H19N3O/c1-4-6-17-7-5-15-14(17)13(18)12-11(3)8-10(2)9-16-12/h5,7-9,13,18H,4,6H2,1-3H3. The Kier molecular flexibility index (Phi) is 3.77. The fourth-order valence-corrected chi connectivity index (χ4v) is 2.13. The van der Waals surface area contributed by atoms with Gasteiger partial charge in [0.2, 0.25) is 0 Å². The summed E-state index contributed by atoms with van der Waals surface area (Å²) in [5.41, 5.74) is 2.78. The maximum Gasteiger partial charge on any atom is 0.154 e. The smallest absolute Gasteiger partial charge is 0.154 e. The molecule has 0 aliphatic rings. The van der Waals surface area contributed by atoms with Crippen LogP contribution < -0.4 is 0 Å². The number of rotatable bonds is 4. The largest absolute Gasteiger partial charge is 0.379 e. The van der Waals surface area contributed by atoms with Crippen LogP contribution in [0.25, 0.3) is 0 Å². The Morgan fingerprint density at radius 3 is 2.78 bits per heavy atom. The van der Waals surface area contributed by atoms with Crippen molar-refractivity contribution in [2.24, 2.45) is 0 Å². The molecule has 0 bridgehead atoms. The van der Waals surface area contributed by atoms with Crippen LogP contribution in [-0.4, -0.2) is 19.6 Å². The molecule has 1 N–H and O–H groups in total. The van der Waals surface area contributed by atoms with Crippen molar-refractivity contribution in [3.8, 4) is 0 Å². The van der Waals surface area contributed by atoms with E-state index in [2.05, 4.69) is 16.9 Å². The summed E-state index contributed by atoms with van der Waals surface area (Å²) in [6.07, 6.45) is 5.64. The van der Waals surface area contributed by atoms with Crippen LogP contribution >= 0.6 is 0 Å². The quantitative estimate of drug-likeness (QED) is 0.899. The normalized spacial score (nSPS) is 12.7. The highest BCUT2D eigenvalue weighted by Gasteiger charge is 2.19. The Morgan fingerprint density at radius 1 is 1.33 bits per heavy atom. The topological polar surface area (TPSA) is 50.9 Å². The van der Waals surface area contributed by atoms with E-state index in [4.69, 9.17) is 0 Å². The lowest BCUT2D eigenvalue weighted by molar-refractivity contribution is 0.198. The molecule has 18 heavy (non-hydrogen) atoms. The third-order valence-corrected chi connectivity index (χ3v) is 2.97. The van der Waals surface area contributed by atoms with Gasteiger partial charge in [-0.2, -0.15) is 0 Å². The van der Waals surface area contributed by atoms with Crippen molar-refractivity contribution < 1.29 is 5.11 Å². The van der Waals surface area contributed by atoms with Gasteiger partial charge in [-0.1, -0.05) is 13.0 Å². The Morgan fingerprint density at radius 2 is 2.11 bits per heavy atom. The molecule has 0 saturated carbocycles. The van der Waals surface area contributed by atoms with E-state index in [1.807, 2.05) is 30.7 Å². The van der Waals surface area contributed by atoms with E-state index in [1.54, 1.807) is 12.4 Å². The maximum atomic E-state index is 10.4. The molecule has 0 amide bonds. The third kappa shape index (κ3) is 2.43. The lowest BCUT2D eigenvalue weighted by Crippen LogP contribution is -2.12. The highest BCUT2D eigenvalue weighted by molar-refractivity contribution is 5.28. The summed E-state index contributed by atoms with van der Waals surface area (Å²) < 4.78 is 1.98. The summed E-state index contributed by atoms with van der Waals surface area (Å²) in [5, 5.41) is 10.4. The number of hydrogen-bond donors (Lipinski definition) is 1. The van der Waals surface area contributed by atoms with Crippen LogP contribution in [0, 0.1) is 13.8 Å². The molecule has 0 fully saturated rings. The first-order chi connectivity index (χ1) is 8.63. The van der Waals surface area contributed by atoms with Crippen molar-refractivity contribution in [3.05, 3.63) is 47.3 Å². The van der Waals surface area contributed by atoms with E-state index in [-0.39, 0.29) is 0 Å². The SMILES string of the molecule is CCCn1ccnc1C(O)c1ncc(C)cc1C. The molecule has 1 atom stereocenters. The molecule has 0 aliphatic carbocycles. The Hall–Kier alpha value is -1.68. The first-order valence-corrected chi connectivity index (χ1v) is 6.25. The number of aryl methyl sites for hydroxylation is 3. The highest BCUT2D eigenvalue weighted by atomic mass is 16.3. The van der Waals surface area contributed by atoms with Gasteiger partial charge in [0.25, 0.3) is 0 Å². The summed E-state index contributed by atoms with van der Waals surface area (Å²) in [6, 6.07) is 2.03. The van der Waals surface area contributed by atoms with Crippen LogP contribution in [0.5, 0.6) is 0 Å². The number of nitrogens with zero attached hydrogens (tertiary/aromatic N) is 3. The summed E-state index contributed by atoms with van der Waals surface area (Å²) in [7, 11) is 0. The number of pyridine rings is 1. The van der Waals surface area contributed by atoms with Crippen molar-refractivity contribution in [2.75, 3.05) is 0 Å². The van der Waals surface area contributed by atoms with Gasteiger partial charge in [-0.25, -0.2) is 4.98 Å². The molecule has 0 radical (unpaired) electrons. The molecule has 4 nitrogen and oxygen atoms in total. The second kappa shape index (κ2) is 5.31. The number of imidazole rings is 1. The predicted molar refractivity (Wildman–Crippen MR) is 70.3 cm³/mol. The van der Waals surface area contributed by atoms with Gasteiger partial charge in [0.05, 0.1) is 5.69 Å². The van der Waals surface area contributed by atoms with Crippen LogP contribution in [-0.2, 0) is 6.54 Å². The molecule has 2 heterocycles. The number of aliphatic hydroxyl groups excluding tert-OH is 1. The van der Waals surface area contributed by atoms with Gasteiger partial charge in [-0.15, -0.1) is 0 Å². The molecule has 0 saturated heterocycles. The Bertz CT molecular complexity index is 534. The first kappa shape index (κ1) is 12.8. The predicted octanol–water partition coefficient (Wildman–Crippen LogP) is 2.39. The van der Waals surface area contributed by atoms with Crippen molar-refractivity contribution >= 4 is 0 Å². The van der Waals surface area contributed by atoms with Gasteiger partial charge in [0.1, 0.15) is 5.82 Å². The molecule has 4 heteroatoms. The Labute approximate surface area is 107 Å². The minimum absolute atomic E-state index is 0.663. The molecule has 2 rings (SSSR count). The molecule has 1 unspecified atom stereocenters. The van der Waals surface area contributed by atoms with Crippen LogP contribution in [0.15, 0.2) is 24.7 Å². The molecule has 2 aromatic heterocycles. The van der Waals surface area contributed by atoms with Crippen molar-refractivity contribution in [2.45, 2.75) is 39.8 Å². The average Bonchev–Trinajstić information content (AvgIpc) is 2.77. The Balaban J connectivity index is 2.35. The zero-order valence-corrected chi connectivity index (χ0v) is 11.1. The second-order valence-electron chi connectivity index (χ2n) is 4.60. The van der Waals surface area contributed by atoms with Gasteiger partial charge in [0, 0.05) is 25.1 Å². The summed E-state index contributed by atoms with van der Waals surface area (Å²) in [6.45, 7) is 6.92. The van der Waals surface area contributed by atoms with Crippen molar-refractivity contribution in [1.82, 2.24) is 14.5 Å². The monoisotopic (exact) mass is 245 g/mol. The molecular formula is C14H19N3O. The van der Waals surface area contributed by atoms with Gasteiger partial charge >= 0.3 is 0 Å². The number of aliphatic hydroxyl groups is 1. The van der Waals surface area contributed by atoms with Crippen molar-refractivity contribution in [3.63, 3.8) is 0 Å². The molecule has 0 aromatic carbocycles. The average molecular weight is 245 g/mol. The fourth-order valence-electron chi connectivity index (χ4n) is 2.13. The lowest BCUT2D eigenvalue weighted by Gasteiger charge is -2.14. The second-order valence-corrected chi connectivity index (χ2v) is 4.60. The first-order valence-electron chi connectivity index (χ1n) is 6.25. The number of aromatic nitrogens is 3. The van der Waals surface area contributed by atoms with Crippen LogP contribution in [0.4, 0.5) is 0 Å². The van der Waals surface area contributed by atoms with Gasteiger partial charge in [-0.3, -0.25) is 4.98 Å². The summed E-state index contributed by atoms with van der Waals surface area (Å²) >= 11 is 0. The minimum Gasteiger partial charge on any atom is -0.379 e. The summed E-state index contributed by atoms with van der Waals surface area (Å²) in [5.74, 6) is 0.663. The van der Waals surface area contributed by atoms with Crippen LogP contribution in [0.3, 0.4) is 0 Å². The van der Waals surface area contributed by atoms with Crippen LogP contribution in [0.2, 0.25) is 0 Å². The van der Waals surface area contributed by atoms with Gasteiger partial charge in [-0.05, 0) is 31.4 Å². The van der Waals surface area contributed by atoms with E-state index < -0.39 is 6.10 Å². The minimum atomic E-state index is -0.757. The van der Waals surface area contributed by atoms with Crippen molar-refractivity contribution in [1.29, 1.82) is 0 Å². The molecule has 0 spiro atoms. The van der Waals surface area contributed by atoms with E-state index >= 15 is 0 Å². The molecular weight excluding hydrogens is 226 g/mol. The molecule has 2 aromatic rings. The zero-order chi connectivity index (χ0) is 13.1. The van der Waals surface area contributed by atoms with Crippen LogP contribution in [0.1, 0.15) is 42.1 Å². The van der Waals surface area contributed by atoms with Gasteiger partial charge < -0.3 is 9.67 Å². The highest BCUT2D eigenvalue weighted by Crippen LogP contribution is 2.22. The van der Waals surface area contributed by atoms with E-state index in [9.17, 15) is 5.11 Å². The molecule has 96 valence electrons. The molecule has 0 aliphatic heterocycles. The third-order valence-electron chi connectivity index (χ3n) is 2.97. The zero-order valence-electron chi connectivity index (χ0n) is 11.1. The van der Waals surface area contributed by atoms with E-state index in [0.29, 0.717) is 11.5 Å².